The summed E-state index contributed by atoms with van der Waals surface area (Å²) in [6.45, 7) is 5.78. The van der Waals surface area contributed by atoms with Crippen LogP contribution < -0.4 is 4.74 Å². The van der Waals surface area contributed by atoms with Gasteiger partial charge in [0.15, 0.2) is 5.78 Å². The zero-order chi connectivity index (χ0) is 18.7. The summed E-state index contributed by atoms with van der Waals surface area (Å²) in [4.78, 5) is 15.4. The molecule has 0 radical (unpaired) electrons. The van der Waals surface area contributed by atoms with Crippen molar-refractivity contribution < 1.29 is 9.53 Å². The molecule has 0 fully saturated rings. The first-order valence-electron chi connectivity index (χ1n) is 8.56. The van der Waals surface area contributed by atoms with Gasteiger partial charge in [-0.15, -0.1) is 0 Å². The molecule has 1 aliphatic rings. The third kappa shape index (κ3) is 3.97. The summed E-state index contributed by atoms with van der Waals surface area (Å²) < 4.78 is 7.86. The average molecular weight is 450 g/mol. The lowest BCUT2D eigenvalue weighted by atomic mass is 9.96. The molecular formula is C20H20BrNO2S2. The van der Waals surface area contributed by atoms with Crippen molar-refractivity contribution in [3.05, 3.63) is 64.1 Å². The standard InChI is InChI=1S/C20H20BrNO2S2/c1-3-22(4-2)20(25)26-19-17(23)15-12-14(21)10-11-16(15)24-18(19)13-8-6-5-7-9-13/h5-12,18-19H,3-4H2,1-2H3/t18-,19-/m1/s1. The van der Waals surface area contributed by atoms with E-state index in [2.05, 4.69) is 34.7 Å². The molecule has 1 aliphatic heterocycles. The molecule has 0 bridgehead atoms. The predicted octanol–water partition coefficient (Wildman–Crippen LogP) is 5.49. The lowest BCUT2D eigenvalue weighted by molar-refractivity contribution is 0.0868. The second-order valence-electron chi connectivity index (χ2n) is 5.93. The molecule has 6 heteroatoms. The van der Waals surface area contributed by atoms with E-state index < -0.39 is 5.25 Å². The van der Waals surface area contributed by atoms with Crippen molar-refractivity contribution in [3.8, 4) is 5.75 Å². The van der Waals surface area contributed by atoms with E-state index in [0.29, 0.717) is 11.3 Å². The lowest BCUT2D eigenvalue weighted by Gasteiger charge is -2.34. The van der Waals surface area contributed by atoms with Crippen molar-refractivity contribution >= 4 is 50.0 Å². The third-order valence-corrected chi connectivity index (χ3v) is 6.59. The van der Waals surface area contributed by atoms with Crippen molar-refractivity contribution in [2.45, 2.75) is 25.2 Å². The molecule has 0 saturated heterocycles. The van der Waals surface area contributed by atoms with Crippen LogP contribution >= 0.6 is 39.9 Å². The van der Waals surface area contributed by atoms with Crippen LogP contribution in [0.1, 0.15) is 35.9 Å². The Morgan fingerprint density at radius 2 is 1.88 bits per heavy atom. The maximum Gasteiger partial charge on any atom is 0.184 e. The van der Waals surface area contributed by atoms with Crippen LogP contribution in [0, 0.1) is 0 Å². The molecule has 1 heterocycles. The Hall–Kier alpha value is -1.37. The molecule has 0 saturated carbocycles. The van der Waals surface area contributed by atoms with Gasteiger partial charge in [-0.3, -0.25) is 4.79 Å². The Labute approximate surface area is 172 Å². The van der Waals surface area contributed by atoms with Crippen LogP contribution in [0.5, 0.6) is 5.75 Å². The molecule has 136 valence electrons. The van der Waals surface area contributed by atoms with Crippen LogP contribution in [-0.2, 0) is 0 Å². The van der Waals surface area contributed by atoms with Gasteiger partial charge in [0, 0.05) is 17.6 Å². The lowest BCUT2D eigenvalue weighted by Crippen LogP contribution is -2.37. The Morgan fingerprint density at radius 3 is 2.54 bits per heavy atom. The fraction of sp³-hybridized carbons (Fsp3) is 0.300. The molecular weight excluding hydrogens is 430 g/mol. The molecule has 0 spiro atoms. The van der Waals surface area contributed by atoms with Gasteiger partial charge in [-0.25, -0.2) is 0 Å². The largest absolute Gasteiger partial charge is 0.483 e. The van der Waals surface area contributed by atoms with Crippen molar-refractivity contribution in [1.29, 1.82) is 0 Å². The van der Waals surface area contributed by atoms with Crippen LogP contribution in [0.2, 0.25) is 0 Å². The molecule has 0 N–H and O–H groups in total. The van der Waals surface area contributed by atoms with Crippen molar-refractivity contribution in [3.63, 3.8) is 0 Å². The van der Waals surface area contributed by atoms with E-state index in [4.69, 9.17) is 17.0 Å². The van der Waals surface area contributed by atoms with E-state index in [0.717, 1.165) is 27.4 Å². The highest BCUT2D eigenvalue weighted by molar-refractivity contribution is 9.10. The normalized spacial score (nSPS) is 18.8. The number of halogens is 1. The SMILES string of the molecule is CCN(CC)C(=S)S[C@@H]1C(=O)c2cc(Br)ccc2O[C@@H]1c1ccccc1. The number of thioether (sulfide) groups is 1. The van der Waals surface area contributed by atoms with E-state index in [1.54, 1.807) is 0 Å². The zero-order valence-corrected chi connectivity index (χ0v) is 17.9. The summed E-state index contributed by atoms with van der Waals surface area (Å²) in [6.07, 6.45) is -0.365. The maximum absolute atomic E-state index is 13.3. The third-order valence-electron chi connectivity index (χ3n) is 4.37. The van der Waals surface area contributed by atoms with Gasteiger partial charge in [-0.05, 0) is 37.6 Å². The number of Topliss-reactive ketones (excluding diaryl/α,β-unsaturated/α-hetero) is 1. The van der Waals surface area contributed by atoms with Gasteiger partial charge in [-0.2, -0.15) is 0 Å². The minimum absolute atomic E-state index is 0.0564. The predicted molar refractivity (Wildman–Crippen MR) is 115 cm³/mol. The Balaban J connectivity index is 1.99. The minimum Gasteiger partial charge on any atom is -0.483 e. The quantitative estimate of drug-likeness (QED) is 0.575. The monoisotopic (exact) mass is 449 g/mol. The molecule has 2 atom stereocenters. The fourth-order valence-corrected chi connectivity index (χ4v) is 5.08. The number of nitrogens with zero attached hydrogens (tertiary/aromatic N) is 1. The van der Waals surface area contributed by atoms with Crippen molar-refractivity contribution in [1.82, 2.24) is 4.90 Å². The topological polar surface area (TPSA) is 29.5 Å². The summed E-state index contributed by atoms with van der Waals surface area (Å²) >= 11 is 10.5. The fourth-order valence-electron chi connectivity index (χ4n) is 2.95. The number of hydrogen-bond acceptors (Lipinski definition) is 4. The first-order valence-corrected chi connectivity index (χ1v) is 10.6. The van der Waals surface area contributed by atoms with Gasteiger partial charge in [0.1, 0.15) is 21.4 Å². The summed E-state index contributed by atoms with van der Waals surface area (Å²) in [5.74, 6) is 0.679. The number of benzene rings is 2. The van der Waals surface area contributed by atoms with Crippen LogP contribution in [0.15, 0.2) is 53.0 Å². The molecule has 0 amide bonds. The molecule has 2 aromatic rings. The number of rotatable bonds is 4. The number of hydrogen-bond donors (Lipinski definition) is 0. The van der Waals surface area contributed by atoms with Gasteiger partial charge in [0.25, 0.3) is 0 Å². The summed E-state index contributed by atoms with van der Waals surface area (Å²) in [7, 11) is 0. The Morgan fingerprint density at radius 1 is 1.19 bits per heavy atom. The molecule has 26 heavy (non-hydrogen) atoms. The van der Waals surface area contributed by atoms with Crippen LogP contribution in [-0.4, -0.2) is 33.3 Å². The summed E-state index contributed by atoms with van der Waals surface area (Å²) in [6, 6.07) is 15.4. The van der Waals surface area contributed by atoms with Crippen molar-refractivity contribution in [2.75, 3.05) is 13.1 Å². The van der Waals surface area contributed by atoms with Crippen LogP contribution in [0.4, 0.5) is 0 Å². The molecule has 3 nitrogen and oxygen atoms in total. The van der Waals surface area contributed by atoms with Gasteiger partial charge in [0.05, 0.1) is 5.56 Å². The van der Waals surface area contributed by atoms with E-state index in [9.17, 15) is 4.79 Å². The van der Waals surface area contributed by atoms with Gasteiger partial charge < -0.3 is 9.64 Å². The summed E-state index contributed by atoms with van der Waals surface area (Å²) in [5, 5.41) is -0.410. The molecule has 0 aliphatic carbocycles. The maximum atomic E-state index is 13.3. The first-order chi connectivity index (χ1) is 12.5. The molecule has 2 aromatic carbocycles. The Bertz CT molecular complexity index is 809. The highest BCUT2D eigenvalue weighted by Gasteiger charge is 2.40. The van der Waals surface area contributed by atoms with Crippen LogP contribution in [0.3, 0.4) is 0 Å². The second-order valence-corrected chi connectivity index (χ2v) is 8.62. The van der Waals surface area contributed by atoms with Gasteiger partial charge >= 0.3 is 0 Å². The van der Waals surface area contributed by atoms with E-state index in [-0.39, 0.29) is 11.9 Å². The van der Waals surface area contributed by atoms with E-state index >= 15 is 0 Å². The summed E-state index contributed by atoms with van der Waals surface area (Å²) in [5.41, 5.74) is 1.58. The zero-order valence-electron chi connectivity index (χ0n) is 14.6. The van der Waals surface area contributed by atoms with Crippen molar-refractivity contribution in [2.24, 2.45) is 0 Å². The number of fused-ring (bicyclic) bond motifs is 1. The van der Waals surface area contributed by atoms with E-state index in [1.807, 2.05) is 48.5 Å². The second kappa shape index (κ2) is 8.55. The van der Waals surface area contributed by atoms with E-state index in [1.165, 1.54) is 11.8 Å². The Kier molecular flexibility index (Phi) is 6.37. The van der Waals surface area contributed by atoms with Gasteiger partial charge in [-0.1, -0.05) is 70.2 Å². The highest BCUT2D eigenvalue weighted by Crippen LogP contribution is 2.42. The first kappa shape index (κ1) is 19.4. The van der Waals surface area contributed by atoms with Crippen LogP contribution in [0.25, 0.3) is 0 Å². The molecule has 3 rings (SSSR count). The number of ether oxygens (including phenoxy) is 1. The molecule has 0 unspecified atom stereocenters. The molecule has 0 aromatic heterocycles. The number of carbonyl (C=O) groups is 1. The number of carbonyl (C=O) groups excluding carboxylic acids is 1. The number of ketones is 1. The average Bonchev–Trinajstić information content (AvgIpc) is 2.66. The highest BCUT2D eigenvalue weighted by atomic mass is 79.9. The smallest absolute Gasteiger partial charge is 0.184 e. The number of thiocarbonyl (C=S) groups is 1. The minimum atomic E-state index is -0.410. The van der Waals surface area contributed by atoms with Gasteiger partial charge in [0.2, 0.25) is 0 Å².